The van der Waals surface area contributed by atoms with Gasteiger partial charge < -0.3 is 15.5 Å². The van der Waals surface area contributed by atoms with Crippen LogP contribution in [0.3, 0.4) is 0 Å². The summed E-state index contributed by atoms with van der Waals surface area (Å²) in [5.41, 5.74) is 0.202. The summed E-state index contributed by atoms with van der Waals surface area (Å²) in [5.74, 6) is -5.32. The van der Waals surface area contributed by atoms with Crippen molar-refractivity contribution in [2.45, 2.75) is 13.3 Å². The maximum atomic E-state index is 13.8. The van der Waals surface area contributed by atoms with Gasteiger partial charge in [0.1, 0.15) is 0 Å². The molecular formula is C23H23F3N3O2+. The molecule has 3 aromatic carbocycles. The molecule has 3 N–H and O–H groups in total. The predicted molar refractivity (Wildman–Crippen MR) is 113 cm³/mol. The number of quaternary nitrogens is 1. The molecule has 3 rings (SSSR count). The molecule has 3 aromatic rings. The predicted octanol–water partition coefficient (Wildman–Crippen LogP) is 3.13. The second-order valence-electron chi connectivity index (χ2n) is 7.23. The minimum atomic E-state index is -1.65. The number of benzene rings is 3. The van der Waals surface area contributed by atoms with Crippen LogP contribution in [-0.4, -0.2) is 31.4 Å². The molecule has 0 aliphatic carbocycles. The lowest BCUT2D eigenvalue weighted by molar-refractivity contribution is -0.883. The summed E-state index contributed by atoms with van der Waals surface area (Å²) in [6.07, 6.45) is 0.714. The second kappa shape index (κ2) is 10.1. The molecule has 1 unspecified atom stereocenters. The number of fused-ring (bicyclic) bond motifs is 1. The largest absolute Gasteiger partial charge is 0.321 e. The van der Waals surface area contributed by atoms with Crippen LogP contribution in [0.2, 0.25) is 0 Å². The molecule has 0 aliphatic heterocycles. The van der Waals surface area contributed by atoms with Crippen molar-refractivity contribution >= 4 is 34.0 Å². The van der Waals surface area contributed by atoms with Gasteiger partial charge in [-0.3, -0.25) is 9.59 Å². The normalized spacial score (nSPS) is 11.9. The smallest absolute Gasteiger partial charge is 0.279 e. The first-order valence-corrected chi connectivity index (χ1v) is 9.93. The molecule has 0 radical (unpaired) electrons. The van der Waals surface area contributed by atoms with Crippen LogP contribution < -0.4 is 15.5 Å². The Bertz CT molecular complexity index is 1100. The summed E-state index contributed by atoms with van der Waals surface area (Å²) < 4.78 is 40.2. The molecule has 0 heterocycles. The van der Waals surface area contributed by atoms with E-state index in [2.05, 4.69) is 10.6 Å². The van der Waals surface area contributed by atoms with Gasteiger partial charge in [0.05, 0.1) is 12.2 Å². The Kier molecular flexibility index (Phi) is 7.25. The molecule has 162 valence electrons. The van der Waals surface area contributed by atoms with E-state index in [4.69, 9.17) is 0 Å². The van der Waals surface area contributed by atoms with Gasteiger partial charge >= 0.3 is 0 Å². The Balaban J connectivity index is 1.61. The molecule has 0 spiro atoms. The maximum absolute atomic E-state index is 13.8. The SMILES string of the molecule is CCC[NH+](CC(=O)Nc1ccc2ccccc2c1)CC(=O)Nc1ccc(F)c(F)c1F. The van der Waals surface area contributed by atoms with Gasteiger partial charge in [-0.1, -0.05) is 37.3 Å². The highest BCUT2D eigenvalue weighted by molar-refractivity contribution is 5.95. The number of nitrogens with one attached hydrogen (secondary N) is 3. The summed E-state index contributed by atoms with van der Waals surface area (Å²) in [5, 5.41) is 7.11. The Hall–Kier alpha value is -3.39. The highest BCUT2D eigenvalue weighted by Gasteiger charge is 2.20. The van der Waals surface area contributed by atoms with E-state index < -0.39 is 29.0 Å². The molecule has 0 saturated carbocycles. The zero-order valence-corrected chi connectivity index (χ0v) is 17.0. The Morgan fingerprint density at radius 1 is 0.839 bits per heavy atom. The fourth-order valence-electron chi connectivity index (χ4n) is 3.34. The van der Waals surface area contributed by atoms with Crippen molar-refractivity contribution in [2.24, 2.45) is 0 Å². The topological polar surface area (TPSA) is 62.6 Å². The minimum absolute atomic E-state index is 0.0222. The summed E-state index contributed by atoms with van der Waals surface area (Å²) in [6, 6.07) is 15.0. The Morgan fingerprint density at radius 3 is 2.23 bits per heavy atom. The van der Waals surface area contributed by atoms with E-state index in [1.54, 1.807) is 6.07 Å². The van der Waals surface area contributed by atoms with E-state index in [0.29, 0.717) is 23.6 Å². The van der Waals surface area contributed by atoms with Gasteiger partial charge in [0.15, 0.2) is 30.5 Å². The fourth-order valence-corrected chi connectivity index (χ4v) is 3.34. The molecule has 5 nitrogen and oxygen atoms in total. The second-order valence-corrected chi connectivity index (χ2v) is 7.23. The zero-order chi connectivity index (χ0) is 22.4. The van der Waals surface area contributed by atoms with Crippen molar-refractivity contribution in [1.29, 1.82) is 0 Å². The maximum Gasteiger partial charge on any atom is 0.279 e. The standard InChI is InChI=1S/C23H22F3N3O2/c1-2-11-29(14-21(31)28-19-10-9-18(24)22(25)23(19)26)13-20(30)27-17-8-7-15-5-3-4-6-16(15)12-17/h3-10,12H,2,11,13-14H2,1H3,(H,27,30)(H,28,31)/p+1. The van der Waals surface area contributed by atoms with Crippen LogP contribution in [-0.2, 0) is 9.59 Å². The van der Waals surface area contributed by atoms with E-state index in [0.717, 1.165) is 22.9 Å². The Labute approximate surface area is 177 Å². The number of hydrogen-bond donors (Lipinski definition) is 3. The molecule has 0 aliphatic rings. The average Bonchev–Trinajstić information content (AvgIpc) is 2.74. The molecule has 0 fully saturated rings. The van der Waals surface area contributed by atoms with Crippen LogP contribution in [0.25, 0.3) is 10.8 Å². The van der Waals surface area contributed by atoms with Crippen LogP contribution in [0.15, 0.2) is 54.6 Å². The van der Waals surface area contributed by atoms with Gasteiger partial charge in [0, 0.05) is 5.69 Å². The van der Waals surface area contributed by atoms with Gasteiger partial charge in [0.25, 0.3) is 11.8 Å². The van der Waals surface area contributed by atoms with Crippen molar-refractivity contribution in [3.63, 3.8) is 0 Å². The van der Waals surface area contributed by atoms with Gasteiger partial charge in [0.2, 0.25) is 0 Å². The first-order chi connectivity index (χ1) is 14.9. The summed E-state index contributed by atoms with van der Waals surface area (Å²) >= 11 is 0. The van der Waals surface area contributed by atoms with E-state index in [-0.39, 0.29) is 19.0 Å². The highest BCUT2D eigenvalue weighted by atomic mass is 19.2. The van der Waals surface area contributed by atoms with Crippen molar-refractivity contribution in [3.8, 4) is 0 Å². The third kappa shape index (κ3) is 5.82. The lowest BCUT2D eigenvalue weighted by Gasteiger charge is -2.18. The zero-order valence-electron chi connectivity index (χ0n) is 17.0. The number of amides is 2. The minimum Gasteiger partial charge on any atom is -0.321 e. The average molecular weight is 430 g/mol. The van der Waals surface area contributed by atoms with E-state index >= 15 is 0 Å². The third-order valence-electron chi connectivity index (χ3n) is 4.77. The van der Waals surface area contributed by atoms with Crippen molar-refractivity contribution in [3.05, 3.63) is 72.0 Å². The summed E-state index contributed by atoms with van der Waals surface area (Å²) in [7, 11) is 0. The van der Waals surface area contributed by atoms with Crippen molar-refractivity contribution < 1.29 is 27.7 Å². The molecule has 8 heteroatoms. The lowest BCUT2D eigenvalue weighted by atomic mass is 10.1. The molecule has 2 amide bonds. The van der Waals surface area contributed by atoms with Gasteiger partial charge in [-0.05, 0) is 41.5 Å². The number of carbonyl (C=O) groups is 2. The highest BCUT2D eigenvalue weighted by Crippen LogP contribution is 2.20. The Morgan fingerprint density at radius 2 is 1.52 bits per heavy atom. The lowest BCUT2D eigenvalue weighted by Crippen LogP contribution is -3.14. The van der Waals surface area contributed by atoms with E-state index in [1.165, 1.54) is 0 Å². The first kappa shape index (κ1) is 22.3. The number of carbonyl (C=O) groups excluding carboxylic acids is 2. The van der Waals surface area contributed by atoms with Crippen molar-refractivity contribution in [2.75, 3.05) is 30.3 Å². The van der Waals surface area contributed by atoms with Crippen LogP contribution in [0.4, 0.5) is 24.5 Å². The van der Waals surface area contributed by atoms with Gasteiger partial charge in [-0.15, -0.1) is 0 Å². The van der Waals surface area contributed by atoms with E-state index in [1.807, 2.05) is 43.3 Å². The number of rotatable bonds is 8. The quantitative estimate of drug-likeness (QED) is 0.481. The summed E-state index contributed by atoms with van der Waals surface area (Å²) in [6.45, 7) is 2.33. The number of halogens is 3. The van der Waals surface area contributed by atoms with E-state index in [9.17, 15) is 22.8 Å². The molecule has 0 saturated heterocycles. The van der Waals surface area contributed by atoms with Crippen molar-refractivity contribution in [1.82, 2.24) is 0 Å². The molecule has 31 heavy (non-hydrogen) atoms. The molecule has 1 atom stereocenters. The first-order valence-electron chi connectivity index (χ1n) is 9.93. The van der Waals surface area contributed by atoms with Crippen LogP contribution in [0, 0.1) is 17.5 Å². The number of hydrogen-bond acceptors (Lipinski definition) is 2. The summed E-state index contributed by atoms with van der Waals surface area (Å²) in [4.78, 5) is 25.4. The monoisotopic (exact) mass is 430 g/mol. The fraction of sp³-hybridized carbons (Fsp3) is 0.217. The number of anilines is 2. The third-order valence-corrected chi connectivity index (χ3v) is 4.77. The van der Waals surface area contributed by atoms with Crippen LogP contribution in [0.1, 0.15) is 13.3 Å². The van der Waals surface area contributed by atoms with Crippen LogP contribution >= 0.6 is 0 Å². The molecular weight excluding hydrogens is 407 g/mol. The molecule has 0 bridgehead atoms. The van der Waals surface area contributed by atoms with Crippen LogP contribution in [0.5, 0.6) is 0 Å². The van der Waals surface area contributed by atoms with Gasteiger partial charge in [-0.2, -0.15) is 0 Å². The van der Waals surface area contributed by atoms with Gasteiger partial charge in [-0.25, -0.2) is 13.2 Å². The molecule has 0 aromatic heterocycles.